The Kier molecular flexibility index (Phi) is 64.5. The highest BCUT2D eigenvalue weighted by Crippen LogP contribution is 2.45. The Morgan fingerprint density at radius 1 is 0.304 bits per heavy atom. The maximum atomic E-state index is 13.0. The summed E-state index contributed by atoms with van der Waals surface area (Å²) in [5, 5.41) is 10.6. The number of hydrogen-bond acceptors (Lipinski definition) is 15. The van der Waals surface area contributed by atoms with Crippen LogP contribution in [0.3, 0.4) is 0 Å². The van der Waals surface area contributed by atoms with Crippen LogP contribution in [0.2, 0.25) is 0 Å². The second-order valence-corrected chi connectivity index (χ2v) is 27.8. The number of carbonyl (C=O) groups excluding carboxylic acids is 4. The Morgan fingerprint density at radius 3 is 0.848 bits per heavy atom. The first-order valence-electron chi connectivity index (χ1n) is 36.9. The van der Waals surface area contributed by atoms with Gasteiger partial charge >= 0.3 is 39.5 Å². The van der Waals surface area contributed by atoms with E-state index in [0.717, 1.165) is 154 Å². The first-order chi connectivity index (χ1) is 44.7. The maximum Gasteiger partial charge on any atom is 0.472 e. The summed E-state index contributed by atoms with van der Waals surface area (Å²) >= 11 is 0. The fourth-order valence-electron chi connectivity index (χ4n) is 10.1. The number of ether oxygens (including phenoxy) is 4. The zero-order valence-corrected chi connectivity index (χ0v) is 60.3. The van der Waals surface area contributed by atoms with Gasteiger partial charge < -0.3 is 33.8 Å². The van der Waals surface area contributed by atoms with Crippen molar-refractivity contribution in [2.24, 2.45) is 0 Å². The van der Waals surface area contributed by atoms with E-state index in [4.69, 9.17) is 37.0 Å². The van der Waals surface area contributed by atoms with Gasteiger partial charge in [0.05, 0.1) is 26.4 Å². The standard InChI is InChI=1S/C73H134O17P2/c1-5-9-13-17-21-25-29-33-37-41-45-49-53-57-70(75)83-63-68(89-72(77)59-55-51-47-43-39-35-31-27-23-19-15-11-7-3)65-87-91(79,80)85-61-67(74)62-86-92(81,82)88-66-69(90-73(78)60-56-52-48-44-40-36-32-28-24-20-16-12-8-4)64-84-71(76)58-54-50-46-42-38-34-30-26-22-18-14-10-6-2/h13-14,17-18,25-26,29-30,67-69,74H,5-12,15-16,19-24,27-28,31-66H2,1-4H3,(H,79,80)(H,81,82)/b17-13-,18-14-,29-25-,30-26-. The fraction of sp³-hybridized carbons (Fsp3) is 0.836. The molecule has 0 aliphatic heterocycles. The average molecular weight is 1350 g/mol. The SMILES string of the molecule is CCC/C=C\C/C=C\CCCCCCCC(=O)OCC(COP(=O)(O)OCC(O)COP(=O)(O)OCC(COC(=O)CCCCCCC/C=C\C/C=C\CCC)OC(=O)CCCCCCCCCCCCCCC)OC(=O)CCCCCCCCCCCCCCC. The summed E-state index contributed by atoms with van der Waals surface area (Å²) in [7, 11) is -9.92. The summed E-state index contributed by atoms with van der Waals surface area (Å²) in [5.74, 6) is -2.17. The lowest BCUT2D eigenvalue weighted by Gasteiger charge is -2.21. The van der Waals surface area contributed by atoms with E-state index in [1.807, 2.05) is 0 Å². The number of esters is 4. The molecule has 3 N–H and O–H groups in total. The van der Waals surface area contributed by atoms with Crippen molar-refractivity contribution in [2.75, 3.05) is 39.6 Å². The smallest absolute Gasteiger partial charge is 0.462 e. The van der Waals surface area contributed by atoms with Gasteiger partial charge in [0.1, 0.15) is 19.3 Å². The first kappa shape index (κ1) is 89.0. The molecule has 0 aromatic heterocycles. The number of allylic oxidation sites excluding steroid dienone is 8. The van der Waals surface area contributed by atoms with Gasteiger partial charge in [-0.3, -0.25) is 37.3 Å². The first-order valence-corrected chi connectivity index (χ1v) is 39.9. The third kappa shape index (κ3) is 65.7. The molecular weight excluding hydrogens is 1210 g/mol. The lowest BCUT2D eigenvalue weighted by molar-refractivity contribution is -0.161. The quantitative estimate of drug-likeness (QED) is 0.0169. The number of phosphoric acid groups is 2. The van der Waals surface area contributed by atoms with Crippen LogP contribution in [0.4, 0.5) is 0 Å². The molecule has 4 atom stereocenters. The summed E-state index contributed by atoms with van der Waals surface area (Å²) in [6, 6.07) is 0. The largest absolute Gasteiger partial charge is 0.472 e. The summed E-state index contributed by atoms with van der Waals surface area (Å²) in [6.07, 6.45) is 61.1. The highest BCUT2D eigenvalue weighted by atomic mass is 31.2. The number of aliphatic hydroxyl groups is 1. The topological polar surface area (TPSA) is 237 Å². The third-order valence-corrected chi connectivity index (χ3v) is 17.7. The van der Waals surface area contributed by atoms with E-state index < -0.39 is 97.5 Å². The van der Waals surface area contributed by atoms with Crippen molar-refractivity contribution in [1.82, 2.24) is 0 Å². The lowest BCUT2D eigenvalue weighted by Crippen LogP contribution is -2.30. The van der Waals surface area contributed by atoms with Crippen molar-refractivity contribution in [1.29, 1.82) is 0 Å². The predicted molar refractivity (Wildman–Crippen MR) is 372 cm³/mol. The molecule has 0 radical (unpaired) electrons. The highest BCUT2D eigenvalue weighted by molar-refractivity contribution is 7.47. The van der Waals surface area contributed by atoms with Crippen LogP contribution in [0.1, 0.15) is 336 Å². The minimum atomic E-state index is -4.96. The van der Waals surface area contributed by atoms with Gasteiger partial charge in [0, 0.05) is 25.7 Å². The molecule has 4 unspecified atom stereocenters. The molecule has 0 aliphatic carbocycles. The molecule has 0 fully saturated rings. The van der Waals surface area contributed by atoms with Crippen molar-refractivity contribution in [3.63, 3.8) is 0 Å². The third-order valence-electron chi connectivity index (χ3n) is 15.8. The van der Waals surface area contributed by atoms with Gasteiger partial charge in [0.15, 0.2) is 12.2 Å². The normalized spacial score (nSPS) is 14.3. The van der Waals surface area contributed by atoms with Gasteiger partial charge in [-0.15, -0.1) is 0 Å². The number of aliphatic hydroxyl groups excluding tert-OH is 1. The fourth-order valence-corrected chi connectivity index (χ4v) is 11.7. The molecule has 0 heterocycles. The van der Waals surface area contributed by atoms with Crippen molar-refractivity contribution < 1.29 is 80.2 Å². The Balaban J connectivity index is 5.31. The molecule has 0 rings (SSSR count). The number of phosphoric ester groups is 2. The average Bonchev–Trinajstić information content (AvgIpc) is 3.63. The monoisotopic (exact) mass is 1340 g/mol. The molecule has 0 amide bonds. The zero-order chi connectivity index (χ0) is 67.5. The van der Waals surface area contributed by atoms with Gasteiger partial charge in [-0.2, -0.15) is 0 Å². The Hall–Kier alpha value is -2.98. The molecule has 0 aromatic carbocycles. The van der Waals surface area contributed by atoms with Crippen LogP contribution in [0.15, 0.2) is 48.6 Å². The molecule has 0 saturated carbocycles. The molecule has 0 spiro atoms. The molecule has 538 valence electrons. The maximum absolute atomic E-state index is 13.0. The van der Waals surface area contributed by atoms with Gasteiger partial charge in [-0.1, -0.05) is 282 Å². The number of unbranched alkanes of at least 4 members (excludes halogenated alkanes) is 36. The highest BCUT2D eigenvalue weighted by Gasteiger charge is 2.30. The summed E-state index contributed by atoms with van der Waals surface area (Å²) in [4.78, 5) is 72.6. The second-order valence-electron chi connectivity index (χ2n) is 24.9. The van der Waals surface area contributed by atoms with Crippen molar-refractivity contribution in [2.45, 2.75) is 354 Å². The molecule has 92 heavy (non-hydrogen) atoms. The van der Waals surface area contributed by atoms with Crippen LogP contribution in [0, 0.1) is 0 Å². The van der Waals surface area contributed by atoms with Crippen LogP contribution in [-0.2, 0) is 65.4 Å². The number of hydrogen-bond donors (Lipinski definition) is 3. The van der Waals surface area contributed by atoms with E-state index in [1.165, 1.54) is 103 Å². The Labute approximate surface area is 559 Å². The van der Waals surface area contributed by atoms with Gasteiger partial charge in [0.2, 0.25) is 0 Å². The van der Waals surface area contributed by atoms with Crippen LogP contribution in [0.25, 0.3) is 0 Å². The molecule has 0 aliphatic rings. The van der Waals surface area contributed by atoms with Gasteiger partial charge in [-0.05, 0) is 77.0 Å². The molecule has 0 aromatic rings. The van der Waals surface area contributed by atoms with E-state index in [2.05, 4.69) is 76.3 Å². The number of rotatable bonds is 70. The van der Waals surface area contributed by atoms with E-state index >= 15 is 0 Å². The van der Waals surface area contributed by atoms with E-state index in [-0.39, 0.29) is 25.7 Å². The van der Waals surface area contributed by atoms with Gasteiger partial charge in [-0.25, -0.2) is 9.13 Å². The molecule has 0 bridgehead atoms. The Morgan fingerprint density at radius 2 is 0.554 bits per heavy atom. The van der Waals surface area contributed by atoms with E-state index in [9.17, 15) is 43.2 Å². The molecule has 0 saturated heterocycles. The van der Waals surface area contributed by atoms with Crippen LogP contribution in [-0.4, -0.2) is 96.7 Å². The summed E-state index contributed by atoms with van der Waals surface area (Å²) in [6.45, 7) is 4.76. The minimum absolute atomic E-state index is 0.0991. The lowest BCUT2D eigenvalue weighted by atomic mass is 10.0. The predicted octanol–water partition coefficient (Wildman–Crippen LogP) is 20.6. The molecular formula is C73H134O17P2. The second kappa shape index (κ2) is 66.6. The van der Waals surface area contributed by atoms with E-state index in [0.29, 0.717) is 25.7 Å². The number of carbonyl (C=O) groups is 4. The van der Waals surface area contributed by atoms with Crippen molar-refractivity contribution >= 4 is 39.5 Å². The van der Waals surface area contributed by atoms with Gasteiger partial charge in [0.25, 0.3) is 0 Å². The summed E-state index contributed by atoms with van der Waals surface area (Å²) < 4.78 is 68.3. The Bertz CT molecular complexity index is 1810. The van der Waals surface area contributed by atoms with Crippen LogP contribution < -0.4 is 0 Å². The minimum Gasteiger partial charge on any atom is -0.462 e. The summed E-state index contributed by atoms with van der Waals surface area (Å²) in [5.41, 5.74) is 0. The van der Waals surface area contributed by atoms with Crippen LogP contribution in [0.5, 0.6) is 0 Å². The van der Waals surface area contributed by atoms with Crippen molar-refractivity contribution in [3.05, 3.63) is 48.6 Å². The molecule has 17 nitrogen and oxygen atoms in total. The van der Waals surface area contributed by atoms with E-state index in [1.54, 1.807) is 0 Å². The van der Waals surface area contributed by atoms with Crippen LogP contribution >= 0.6 is 15.6 Å². The zero-order valence-electron chi connectivity index (χ0n) is 58.5. The van der Waals surface area contributed by atoms with Crippen molar-refractivity contribution in [3.8, 4) is 0 Å². The molecule has 19 heteroatoms.